The third kappa shape index (κ3) is 9.60. The number of carbonyl (C=O) groups excluding carboxylic acids is 4. The lowest BCUT2D eigenvalue weighted by molar-refractivity contribution is -0.144. The predicted octanol–water partition coefficient (Wildman–Crippen LogP) is -1.80. The molecule has 0 radical (unpaired) electrons. The van der Waals surface area contributed by atoms with Crippen LogP contribution in [0.15, 0.2) is 0 Å². The van der Waals surface area contributed by atoms with Crippen LogP contribution < -0.4 is 27.4 Å². The highest BCUT2D eigenvalue weighted by molar-refractivity contribution is 5.94. The van der Waals surface area contributed by atoms with Gasteiger partial charge in [-0.25, -0.2) is 4.79 Å². The molecule has 12 nitrogen and oxygen atoms in total. The van der Waals surface area contributed by atoms with Crippen LogP contribution in [-0.2, 0) is 24.0 Å². The monoisotopic (exact) mass is 459 g/mol. The van der Waals surface area contributed by atoms with Crippen molar-refractivity contribution in [2.75, 3.05) is 6.61 Å². The van der Waals surface area contributed by atoms with Crippen molar-refractivity contribution in [2.45, 2.75) is 77.5 Å². The Morgan fingerprint density at radius 2 is 1.34 bits per heavy atom. The number of carboxylic acid groups (broad SMARTS) is 1. The fourth-order valence-corrected chi connectivity index (χ4v) is 2.74. The van der Waals surface area contributed by atoms with Gasteiger partial charge in [0.1, 0.15) is 18.1 Å². The Labute approximate surface area is 187 Å². The molecule has 0 spiro atoms. The van der Waals surface area contributed by atoms with E-state index in [-0.39, 0.29) is 18.8 Å². The molecule has 32 heavy (non-hydrogen) atoms. The van der Waals surface area contributed by atoms with Crippen molar-refractivity contribution in [3.8, 4) is 0 Å². The molecule has 0 aromatic rings. The van der Waals surface area contributed by atoms with Gasteiger partial charge in [0, 0.05) is 6.42 Å². The number of nitrogens with one attached hydrogen (secondary N) is 3. The van der Waals surface area contributed by atoms with E-state index in [0.717, 1.165) is 0 Å². The van der Waals surface area contributed by atoms with Crippen LogP contribution in [0.4, 0.5) is 0 Å². The van der Waals surface area contributed by atoms with Gasteiger partial charge in [0.15, 0.2) is 0 Å². The number of hydrogen-bond donors (Lipinski definition) is 7. The Balaban J connectivity index is 5.42. The highest BCUT2D eigenvalue weighted by Gasteiger charge is 2.32. The first-order chi connectivity index (χ1) is 14.9. The van der Waals surface area contributed by atoms with Gasteiger partial charge in [-0.15, -0.1) is 0 Å². The molecule has 0 fully saturated rings. The van der Waals surface area contributed by atoms with Crippen LogP contribution in [0, 0.1) is 11.8 Å². The third-order valence-corrected chi connectivity index (χ3v) is 5.46. The zero-order chi connectivity index (χ0) is 25.0. The number of amides is 4. The van der Waals surface area contributed by atoms with Gasteiger partial charge in [-0.2, -0.15) is 0 Å². The first-order valence-electron chi connectivity index (χ1n) is 10.7. The smallest absolute Gasteiger partial charge is 0.326 e. The van der Waals surface area contributed by atoms with E-state index in [1.54, 1.807) is 20.8 Å². The number of carbonyl (C=O) groups is 5. The normalized spacial score (nSPS) is 16.6. The average molecular weight is 460 g/mol. The second-order valence-corrected chi connectivity index (χ2v) is 7.93. The van der Waals surface area contributed by atoms with E-state index in [4.69, 9.17) is 11.5 Å². The molecule has 0 rings (SSSR count). The molecule has 0 aliphatic heterocycles. The summed E-state index contributed by atoms with van der Waals surface area (Å²) in [6, 6.07) is -4.81. The molecule has 0 bridgehead atoms. The van der Waals surface area contributed by atoms with Crippen molar-refractivity contribution >= 4 is 29.6 Å². The number of nitrogens with two attached hydrogens (primary N) is 2. The van der Waals surface area contributed by atoms with E-state index in [1.807, 2.05) is 6.92 Å². The van der Waals surface area contributed by atoms with Crippen LogP contribution >= 0.6 is 0 Å². The maximum Gasteiger partial charge on any atom is 0.326 e. The van der Waals surface area contributed by atoms with Crippen LogP contribution in [0.25, 0.3) is 0 Å². The van der Waals surface area contributed by atoms with Gasteiger partial charge < -0.3 is 37.6 Å². The Bertz CT molecular complexity index is 673. The fourth-order valence-electron chi connectivity index (χ4n) is 2.74. The molecule has 9 N–H and O–H groups in total. The summed E-state index contributed by atoms with van der Waals surface area (Å²) in [5.41, 5.74) is 11.0. The van der Waals surface area contributed by atoms with Gasteiger partial charge in [-0.05, 0) is 18.3 Å². The Morgan fingerprint density at radius 3 is 1.78 bits per heavy atom. The number of primary amides is 1. The summed E-state index contributed by atoms with van der Waals surface area (Å²) in [6.07, 6.45) is 0.651. The summed E-state index contributed by atoms with van der Waals surface area (Å²) in [5, 5.41) is 26.0. The Morgan fingerprint density at radius 1 is 0.844 bits per heavy atom. The van der Waals surface area contributed by atoms with Crippen molar-refractivity contribution in [1.82, 2.24) is 16.0 Å². The standard InChI is InChI=1S/C20H37N5O7/c1-5-10(3)15(22)19(30)24-13(9-26)18(29)23-12(7-8-14(21)27)17(28)25-16(20(31)32)11(4)6-2/h10-13,15-16,26H,5-9,22H2,1-4H3,(H2,21,27)(H,23,29)(H,24,30)(H,25,28)(H,31,32). The number of aliphatic carboxylic acids is 1. The van der Waals surface area contributed by atoms with E-state index in [2.05, 4.69) is 16.0 Å². The molecule has 12 heteroatoms. The van der Waals surface area contributed by atoms with E-state index in [1.165, 1.54) is 0 Å². The molecular weight excluding hydrogens is 422 g/mol. The largest absolute Gasteiger partial charge is 0.480 e. The van der Waals surface area contributed by atoms with E-state index in [9.17, 15) is 34.2 Å². The molecule has 6 unspecified atom stereocenters. The molecule has 0 saturated heterocycles. The minimum atomic E-state index is -1.40. The van der Waals surface area contributed by atoms with E-state index >= 15 is 0 Å². The highest BCUT2D eigenvalue weighted by atomic mass is 16.4. The minimum Gasteiger partial charge on any atom is -0.480 e. The number of rotatable bonds is 15. The number of hydrogen-bond acceptors (Lipinski definition) is 7. The summed E-state index contributed by atoms with van der Waals surface area (Å²) < 4.78 is 0. The summed E-state index contributed by atoms with van der Waals surface area (Å²) >= 11 is 0. The first kappa shape index (κ1) is 29.3. The van der Waals surface area contributed by atoms with Crippen molar-refractivity contribution in [3.05, 3.63) is 0 Å². The van der Waals surface area contributed by atoms with Crippen LogP contribution in [0.2, 0.25) is 0 Å². The van der Waals surface area contributed by atoms with Gasteiger partial charge in [0.2, 0.25) is 23.6 Å². The lowest BCUT2D eigenvalue weighted by Gasteiger charge is -2.26. The zero-order valence-electron chi connectivity index (χ0n) is 19.1. The van der Waals surface area contributed by atoms with E-state index < -0.39 is 66.3 Å². The molecule has 0 saturated carbocycles. The summed E-state index contributed by atoms with van der Waals surface area (Å²) in [6.45, 7) is 6.25. The van der Waals surface area contributed by atoms with Crippen LogP contribution in [0.1, 0.15) is 53.4 Å². The first-order valence-corrected chi connectivity index (χ1v) is 10.7. The minimum absolute atomic E-state index is 0.167. The molecule has 0 aliphatic rings. The predicted molar refractivity (Wildman–Crippen MR) is 116 cm³/mol. The maximum absolute atomic E-state index is 12.7. The summed E-state index contributed by atoms with van der Waals surface area (Å²) in [5.74, 6) is -4.89. The number of aliphatic hydroxyl groups is 1. The lowest BCUT2D eigenvalue weighted by Crippen LogP contribution is -2.59. The fraction of sp³-hybridized carbons (Fsp3) is 0.750. The molecule has 0 heterocycles. The number of carboxylic acids is 1. The molecule has 4 amide bonds. The maximum atomic E-state index is 12.7. The second-order valence-electron chi connectivity index (χ2n) is 7.93. The number of aliphatic hydroxyl groups excluding tert-OH is 1. The third-order valence-electron chi connectivity index (χ3n) is 5.46. The summed E-state index contributed by atoms with van der Waals surface area (Å²) in [7, 11) is 0. The highest BCUT2D eigenvalue weighted by Crippen LogP contribution is 2.10. The molecule has 0 aromatic carbocycles. The second kappa shape index (κ2) is 14.4. The lowest BCUT2D eigenvalue weighted by atomic mass is 9.98. The molecular formula is C20H37N5O7. The summed E-state index contributed by atoms with van der Waals surface area (Å²) in [4.78, 5) is 60.2. The van der Waals surface area contributed by atoms with Crippen LogP contribution in [0.5, 0.6) is 0 Å². The SMILES string of the molecule is CCC(C)C(N)C(=O)NC(CO)C(=O)NC(CCC(N)=O)C(=O)NC(C(=O)O)C(C)CC. The Hall–Kier alpha value is -2.73. The van der Waals surface area contributed by atoms with Gasteiger partial charge in [-0.3, -0.25) is 19.2 Å². The van der Waals surface area contributed by atoms with Crippen LogP contribution in [-0.4, -0.2) is 70.6 Å². The van der Waals surface area contributed by atoms with Crippen LogP contribution in [0.3, 0.4) is 0 Å². The van der Waals surface area contributed by atoms with Gasteiger partial charge in [-0.1, -0.05) is 40.5 Å². The molecule has 0 aromatic heterocycles. The van der Waals surface area contributed by atoms with E-state index in [0.29, 0.717) is 12.8 Å². The zero-order valence-corrected chi connectivity index (χ0v) is 19.1. The molecule has 184 valence electrons. The molecule has 6 atom stereocenters. The van der Waals surface area contributed by atoms with Gasteiger partial charge in [0.25, 0.3) is 0 Å². The topological polar surface area (TPSA) is 214 Å². The molecule has 0 aliphatic carbocycles. The van der Waals surface area contributed by atoms with Gasteiger partial charge in [0.05, 0.1) is 12.6 Å². The van der Waals surface area contributed by atoms with Crippen molar-refractivity contribution < 1.29 is 34.2 Å². The van der Waals surface area contributed by atoms with Crippen molar-refractivity contribution in [2.24, 2.45) is 23.3 Å². The van der Waals surface area contributed by atoms with Gasteiger partial charge >= 0.3 is 5.97 Å². The van der Waals surface area contributed by atoms with Crippen molar-refractivity contribution in [1.29, 1.82) is 0 Å². The van der Waals surface area contributed by atoms with Crippen molar-refractivity contribution in [3.63, 3.8) is 0 Å². The Kier molecular flexibility index (Phi) is 13.1. The quantitative estimate of drug-likeness (QED) is 0.148. The average Bonchev–Trinajstić information content (AvgIpc) is 2.75.